The van der Waals surface area contributed by atoms with Crippen LogP contribution in [0.4, 0.5) is 0 Å². The zero-order valence-electron chi connectivity index (χ0n) is 14.6. The van der Waals surface area contributed by atoms with E-state index in [1.165, 1.54) is 25.7 Å². The monoisotopic (exact) mass is 300 g/mol. The van der Waals surface area contributed by atoms with Crippen molar-refractivity contribution in [2.24, 2.45) is 5.92 Å². The molecule has 1 aliphatic rings. The summed E-state index contributed by atoms with van der Waals surface area (Å²) in [6, 6.07) is 0. The van der Waals surface area contributed by atoms with Gasteiger partial charge in [0.2, 0.25) is 0 Å². The Labute approximate surface area is 131 Å². The van der Waals surface area contributed by atoms with Gasteiger partial charge in [0.15, 0.2) is 0 Å². The molecule has 0 spiro atoms. The summed E-state index contributed by atoms with van der Waals surface area (Å²) in [6.07, 6.45) is 10.7. The summed E-state index contributed by atoms with van der Waals surface area (Å²) in [7, 11) is 1.80. The van der Waals surface area contributed by atoms with Crippen LogP contribution >= 0.6 is 0 Å². The molecule has 0 aromatic rings. The van der Waals surface area contributed by atoms with Crippen molar-refractivity contribution in [2.75, 3.05) is 20.3 Å². The van der Waals surface area contributed by atoms with Gasteiger partial charge >= 0.3 is 0 Å². The van der Waals surface area contributed by atoms with Crippen LogP contribution in [0.3, 0.4) is 0 Å². The van der Waals surface area contributed by atoms with Crippen LogP contribution in [0.15, 0.2) is 0 Å². The maximum atomic E-state index is 6.07. The molecule has 0 aliphatic heterocycles. The van der Waals surface area contributed by atoms with E-state index in [-0.39, 0.29) is 0 Å². The molecule has 0 N–H and O–H groups in total. The number of ether oxygens (including phenoxy) is 3. The van der Waals surface area contributed by atoms with Gasteiger partial charge in [0, 0.05) is 20.3 Å². The lowest BCUT2D eigenvalue weighted by Gasteiger charge is -2.30. The molecule has 4 unspecified atom stereocenters. The third-order valence-corrected chi connectivity index (χ3v) is 4.74. The molecule has 3 heteroatoms. The molecule has 21 heavy (non-hydrogen) atoms. The first kappa shape index (κ1) is 18.9. The van der Waals surface area contributed by atoms with Crippen LogP contribution in [-0.2, 0) is 14.2 Å². The van der Waals surface area contributed by atoms with Gasteiger partial charge in [0.05, 0.1) is 18.3 Å². The Bertz CT molecular complexity index is 241. The van der Waals surface area contributed by atoms with E-state index in [0.29, 0.717) is 24.2 Å². The minimum atomic E-state index is 0.395. The van der Waals surface area contributed by atoms with Gasteiger partial charge in [-0.2, -0.15) is 0 Å². The molecule has 0 aromatic heterocycles. The second-order valence-electron chi connectivity index (χ2n) is 6.49. The van der Waals surface area contributed by atoms with Crippen LogP contribution < -0.4 is 0 Å². The lowest BCUT2D eigenvalue weighted by molar-refractivity contribution is -0.0248. The van der Waals surface area contributed by atoms with Crippen molar-refractivity contribution < 1.29 is 14.2 Å². The van der Waals surface area contributed by atoms with Gasteiger partial charge in [0.1, 0.15) is 0 Å². The SMILES string of the molecule is CCC(C)OCC1CCCC(OCCCC(CC)OC)C1. The second-order valence-corrected chi connectivity index (χ2v) is 6.49. The fraction of sp³-hybridized carbons (Fsp3) is 1.00. The molecule has 126 valence electrons. The number of hydrogen-bond acceptors (Lipinski definition) is 3. The highest BCUT2D eigenvalue weighted by Gasteiger charge is 2.23. The summed E-state index contributed by atoms with van der Waals surface area (Å²) in [4.78, 5) is 0. The van der Waals surface area contributed by atoms with Crippen molar-refractivity contribution in [2.45, 2.75) is 90.4 Å². The van der Waals surface area contributed by atoms with Gasteiger partial charge in [-0.3, -0.25) is 0 Å². The largest absolute Gasteiger partial charge is 0.381 e. The molecule has 0 heterocycles. The van der Waals surface area contributed by atoms with Crippen LogP contribution in [-0.4, -0.2) is 38.6 Å². The fourth-order valence-electron chi connectivity index (χ4n) is 3.01. The molecule has 0 aromatic carbocycles. The minimum absolute atomic E-state index is 0.395. The summed E-state index contributed by atoms with van der Waals surface area (Å²) in [5.41, 5.74) is 0. The van der Waals surface area contributed by atoms with E-state index in [1.54, 1.807) is 7.11 Å². The first-order chi connectivity index (χ1) is 10.2. The van der Waals surface area contributed by atoms with Crippen LogP contribution in [0.1, 0.15) is 72.1 Å². The Morgan fingerprint density at radius 3 is 2.62 bits per heavy atom. The van der Waals surface area contributed by atoms with Crippen LogP contribution in [0.25, 0.3) is 0 Å². The van der Waals surface area contributed by atoms with Gasteiger partial charge in [-0.1, -0.05) is 20.3 Å². The van der Waals surface area contributed by atoms with Crippen molar-refractivity contribution in [1.82, 2.24) is 0 Å². The third kappa shape index (κ3) is 8.18. The number of rotatable bonds is 11. The molecular formula is C18H36O3. The zero-order chi connectivity index (χ0) is 15.5. The molecular weight excluding hydrogens is 264 g/mol. The lowest BCUT2D eigenvalue weighted by atomic mass is 9.87. The smallest absolute Gasteiger partial charge is 0.0578 e. The molecule has 0 radical (unpaired) electrons. The Hall–Kier alpha value is -0.120. The van der Waals surface area contributed by atoms with E-state index in [0.717, 1.165) is 38.9 Å². The van der Waals surface area contributed by atoms with Crippen LogP contribution in [0.2, 0.25) is 0 Å². The first-order valence-corrected chi connectivity index (χ1v) is 8.95. The van der Waals surface area contributed by atoms with Gasteiger partial charge in [0.25, 0.3) is 0 Å². The topological polar surface area (TPSA) is 27.7 Å². The van der Waals surface area contributed by atoms with Crippen LogP contribution in [0, 0.1) is 5.92 Å². The van der Waals surface area contributed by atoms with E-state index in [1.807, 2.05) is 0 Å². The highest BCUT2D eigenvalue weighted by Crippen LogP contribution is 2.27. The van der Waals surface area contributed by atoms with Gasteiger partial charge in [-0.05, 0) is 57.8 Å². The minimum Gasteiger partial charge on any atom is -0.381 e. The summed E-state index contributed by atoms with van der Waals surface area (Å²) < 4.78 is 17.4. The van der Waals surface area contributed by atoms with E-state index < -0.39 is 0 Å². The molecule has 0 bridgehead atoms. The van der Waals surface area contributed by atoms with Crippen molar-refractivity contribution in [3.05, 3.63) is 0 Å². The molecule has 0 saturated heterocycles. The predicted octanol–water partition coefficient (Wildman–Crippen LogP) is 4.58. The average molecular weight is 300 g/mol. The standard InChI is InChI=1S/C18H36O3/c1-5-15(3)21-14-16-9-7-10-18(13-16)20-12-8-11-17(6-2)19-4/h15-18H,5-14H2,1-4H3. The van der Waals surface area contributed by atoms with E-state index in [2.05, 4.69) is 20.8 Å². The number of methoxy groups -OCH3 is 1. The normalized spacial score (nSPS) is 25.7. The van der Waals surface area contributed by atoms with E-state index in [9.17, 15) is 0 Å². The summed E-state index contributed by atoms with van der Waals surface area (Å²) in [5, 5.41) is 0. The fourth-order valence-corrected chi connectivity index (χ4v) is 3.01. The Morgan fingerprint density at radius 1 is 1.14 bits per heavy atom. The Morgan fingerprint density at radius 2 is 1.95 bits per heavy atom. The molecule has 1 fully saturated rings. The molecule has 3 nitrogen and oxygen atoms in total. The molecule has 1 aliphatic carbocycles. The van der Waals surface area contributed by atoms with E-state index in [4.69, 9.17) is 14.2 Å². The number of hydrogen-bond donors (Lipinski definition) is 0. The predicted molar refractivity (Wildman–Crippen MR) is 87.7 cm³/mol. The second kappa shape index (κ2) is 11.4. The first-order valence-electron chi connectivity index (χ1n) is 8.95. The highest BCUT2D eigenvalue weighted by molar-refractivity contribution is 4.73. The van der Waals surface area contributed by atoms with Crippen molar-refractivity contribution in [1.29, 1.82) is 0 Å². The molecule has 1 saturated carbocycles. The third-order valence-electron chi connectivity index (χ3n) is 4.74. The lowest BCUT2D eigenvalue weighted by Crippen LogP contribution is -2.27. The van der Waals surface area contributed by atoms with Crippen molar-refractivity contribution in [3.63, 3.8) is 0 Å². The molecule has 1 rings (SSSR count). The summed E-state index contributed by atoms with van der Waals surface area (Å²) in [5.74, 6) is 0.695. The Kier molecular flexibility index (Phi) is 10.3. The molecule has 4 atom stereocenters. The maximum absolute atomic E-state index is 6.07. The zero-order valence-corrected chi connectivity index (χ0v) is 14.6. The van der Waals surface area contributed by atoms with E-state index >= 15 is 0 Å². The van der Waals surface area contributed by atoms with Gasteiger partial charge < -0.3 is 14.2 Å². The van der Waals surface area contributed by atoms with Gasteiger partial charge in [-0.25, -0.2) is 0 Å². The average Bonchev–Trinajstić information content (AvgIpc) is 2.53. The summed E-state index contributed by atoms with van der Waals surface area (Å²) >= 11 is 0. The summed E-state index contributed by atoms with van der Waals surface area (Å²) in [6.45, 7) is 8.32. The maximum Gasteiger partial charge on any atom is 0.0578 e. The van der Waals surface area contributed by atoms with Crippen molar-refractivity contribution >= 4 is 0 Å². The quantitative estimate of drug-likeness (QED) is 0.523. The van der Waals surface area contributed by atoms with Gasteiger partial charge in [-0.15, -0.1) is 0 Å². The van der Waals surface area contributed by atoms with Crippen molar-refractivity contribution in [3.8, 4) is 0 Å². The van der Waals surface area contributed by atoms with Crippen LogP contribution in [0.5, 0.6) is 0 Å². The Balaban J connectivity index is 2.12. The highest BCUT2D eigenvalue weighted by atomic mass is 16.5. The molecule has 0 amide bonds.